The van der Waals surface area contributed by atoms with Crippen molar-refractivity contribution in [3.63, 3.8) is 0 Å². The monoisotopic (exact) mass is 138 g/mol. The first kappa shape index (κ1) is 7.84. The summed E-state index contributed by atoms with van der Waals surface area (Å²) < 4.78 is 0. The van der Waals surface area contributed by atoms with Crippen molar-refractivity contribution in [2.75, 3.05) is 0 Å². The standard InChI is InChI=1S/C10H18/c1-8(2)6-10-5-4-9(3)7-10/h6,8-9H,4-5,7H2,1-3H3. The van der Waals surface area contributed by atoms with Gasteiger partial charge in [-0.25, -0.2) is 0 Å². The van der Waals surface area contributed by atoms with E-state index in [1.54, 1.807) is 5.57 Å². The van der Waals surface area contributed by atoms with Crippen LogP contribution in [0.15, 0.2) is 11.6 Å². The second kappa shape index (κ2) is 3.23. The van der Waals surface area contributed by atoms with Crippen LogP contribution in [0.25, 0.3) is 0 Å². The molecule has 0 nitrogen and oxygen atoms in total. The number of allylic oxidation sites excluding steroid dienone is 2. The van der Waals surface area contributed by atoms with E-state index in [0.29, 0.717) is 0 Å². The van der Waals surface area contributed by atoms with E-state index in [9.17, 15) is 0 Å². The SMILES string of the molecule is CC(C)C=C1CCC(C)C1. The Morgan fingerprint density at radius 2 is 2.20 bits per heavy atom. The predicted molar refractivity (Wildman–Crippen MR) is 45.9 cm³/mol. The lowest BCUT2D eigenvalue weighted by molar-refractivity contribution is 0.619. The zero-order valence-electron chi connectivity index (χ0n) is 7.35. The molecule has 1 rings (SSSR count). The van der Waals surface area contributed by atoms with E-state index in [2.05, 4.69) is 26.8 Å². The fourth-order valence-electron chi connectivity index (χ4n) is 1.71. The van der Waals surface area contributed by atoms with Crippen LogP contribution in [0, 0.1) is 11.8 Å². The van der Waals surface area contributed by atoms with E-state index >= 15 is 0 Å². The molecule has 0 radical (unpaired) electrons. The largest absolute Gasteiger partial charge is 0.0828 e. The Labute approximate surface area is 64.3 Å². The zero-order chi connectivity index (χ0) is 7.56. The normalized spacial score (nSPS) is 30.4. The third-order valence-corrected chi connectivity index (χ3v) is 2.14. The van der Waals surface area contributed by atoms with E-state index < -0.39 is 0 Å². The van der Waals surface area contributed by atoms with Gasteiger partial charge in [-0.3, -0.25) is 0 Å². The Bertz CT molecular complexity index is 131. The van der Waals surface area contributed by atoms with Crippen LogP contribution in [0.2, 0.25) is 0 Å². The summed E-state index contributed by atoms with van der Waals surface area (Å²) in [5, 5.41) is 0. The summed E-state index contributed by atoms with van der Waals surface area (Å²) in [4.78, 5) is 0. The molecule has 58 valence electrons. The smallest absolute Gasteiger partial charge is 0.0288 e. The highest BCUT2D eigenvalue weighted by atomic mass is 14.2. The third-order valence-electron chi connectivity index (χ3n) is 2.14. The molecule has 1 unspecified atom stereocenters. The zero-order valence-corrected chi connectivity index (χ0v) is 7.35. The summed E-state index contributed by atoms with van der Waals surface area (Å²) in [6.07, 6.45) is 6.57. The molecule has 0 heteroatoms. The van der Waals surface area contributed by atoms with Crippen LogP contribution in [-0.4, -0.2) is 0 Å². The van der Waals surface area contributed by atoms with Crippen molar-refractivity contribution in [3.05, 3.63) is 11.6 Å². The van der Waals surface area contributed by atoms with Crippen LogP contribution in [0.4, 0.5) is 0 Å². The highest BCUT2D eigenvalue weighted by Gasteiger charge is 2.14. The Morgan fingerprint density at radius 3 is 2.60 bits per heavy atom. The molecule has 0 heterocycles. The molecule has 0 bridgehead atoms. The fraction of sp³-hybridized carbons (Fsp3) is 0.800. The molecule has 0 saturated heterocycles. The summed E-state index contributed by atoms with van der Waals surface area (Å²) in [5.41, 5.74) is 1.70. The van der Waals surface area contributed by atoms with Crippen molar-refractivity contribution in [1.29, 1.82) is 0 Å². The van der Waals surface area contributed by atoms with Gasteiger partial charge in [0, 0.05) is 0 Å². The summed E-state index contributed by atoms with van der Waals surface area (Å²) >= 11 is 0. The highest BCUT2D eigenvalue weighted by molar-refractivity contribution is 5.08. The molecule has 1 fully saturated rings. The van der Waals surface area contributed by atoms with E-state index in [1.807, 2.05) is 0 Å². The van der Waals surface area contributed by atoms with Crippen LogP contribution >= 0.6 is 0 Å². The quantitative estimate of drug-likeness (QED) is 0.487. The minimum atomic E-state index is 0.750. The van der Waals surface area contributed by atoms with E-state index in [-0.39, 0.29) is 0 Å². The van der Waals surface area contributed by atoms with Crippen LogP contribution in [-0.2, 0) is 0 Å². The third kappa shape index (κ3) is 2.17. The lowest BCUT2D eigenvalue weighted by Gasteiger charge is -1.99. The van der Waals surface area contributed by atoms with E-state index in [4.69, 9.17) is 0 Å². The summed E-state index contributed by atoms with van der Waals surface area (Å²) in [6, 6.07) is 0. The lowest BCUT2D eigenvalue weighted by atomic mass is 10.1. The lowest BCUT2D eigenvalue weighted by Crippen LogP contribution is -1.84. The van der Waals surface area contributed by atoms with Gasteiger partial charge in [0.05, 0.1) is 0 Å². The van der Waals surface area contributed by atoms with Crippen LogP contribution in [0.3, 0.4) is 0 Å². The fourth-order valence-corrected chi connectivity index (χ4v) is 1.71. The molecular weight excluding hydrogens is 120 g/mol. The Balaban J connectivity index is 2.43. The van der Waals surface area contributed by atoms with Crippen molar-refractivity contribution in [2.24, 2.45) is 11.8 Å². The van der Waals surface area contributed by atoms with Crippen molar-refractivity contribution in [2.45, 2.75) is 40.0 Å². The average molecular weight is 138 g/mol. The first-order valence-corrected chi connectivity index (χ1v) is 4.38. The minimum Gasteiger partial charge on any atom is -0.0828 e. The molecule has 1 atom stereocenters. The summed E-state index contributed by atoms with van der Waals surface area (Å²) in [7, 11) is 0. The number of hydrogen-bond acceptors (Lipinski definition) is 0. The molecule has 0 aromatic heterocycles. The molecule has 0 spiro atoms. The Kier molecular flexibility index (Phi) is 2.53. The summed E-state index contributed by atoms with van der Waals surface area (Å²) in [6.45, 7) is 6.87. The molecule has 1 aliphatic rings. The Morgan fingerprint density at radius 1 is 1.50 bits per heavy atom. The molecule has 0 aromatic rings. The van der Waals surface area contributed by atoms with Crippen LogP contribution in [0.1, 0.15) is 40.0 Å². The van der Waals surface area contributed by atoms with Crippen LogP contribution < -0.4 is 0 Å². The topological polar surface area (TPSA) is 0 Å². The second-order valence-electron chi connectivity index (χ2n) is 3.92. The maximum Gasteiger partial charge on any atom is -0.0288 e. The van der Waals surface area contributed by atoms with Gasteiger partial charge in [-0.05, 0) is 31.1 Å². The van der Waals surface area contributed by atoms with E-state index in [0.717, 1.165) is 11.8 Å². The first-order chi connectivity index (χ1) is 4.68. The van der Waals surface area contributed by atoms with Crippen molar-refractivity contribution in [1.82, 2.24) is 0 Å². The maximum atomic E-state index is 2.43. The highest BCUT2D eigenvalue weighted by Crippen LogP contribution is 2.30. The van der Waals surface area contributed by atoms with Crippen molar-refractivity contribution in [3.8, 4) is 0 Å². The van der Waals surface area contributed by atoms with Gasteiger partial charge in [-0.2, -0.15) is 0 Å². The minimum absolute atomic E-state index is 0.750. The number of rotatable bonds is 1. The molecular formula is C10H18. The van der Waals surface area contributed by atoms with Crippen molar-refractivity contribution < 1.29 is 0 Å². The van der Waals surface area contributed by atoms with Gasteiger partial charge in [0.15, 0.2) is 0 Å². The molecule has 1 aliphatic carbocycles. The van der Waals surface area contributed by atoms with Gasteiger partial charge in [0.2, 0.25) is 0 Å². The maximum absolute atomic E-state index is 2.43. The van der Waals surface area contributed by atoms with Crippen molar-refractivity contribution >= 4 is 0 Å². The Hall–Kier alpha value is -0.260. The molecule has 0 aromatic carbocycles. The van der Waals surface area contributed by atoms with Gasteiger partial charge < -0.3 is 0 Å². The predicted octanol–water partition coefficient (Wildman–Crippen LogP) is 3.39. The van der Waals surface area contributed by atoms with Gasteiger partial charge in [-0.1, -0.05) is 32.4 Å². The van der Waals surface area contributed by atoms with E-state index in [1.165, 1.54) is 19.3 Å². The molecule has 1 saturated carbocycles. The summed E-state index contributed by atoms with van der Waals surface area (Å²) in [5.74, 6) is 1.70. The molecule has 0 aliphatic heterocycles. The van der Waals surface area contributed by atoms with Gasteiger partial charge in [0.1, 0.15) is 0 Å². The van der Waals surface area contributed by atoms with Gasteiger partial charge in [-0.15, -0.1) is 0 Å². The second-order valence-corrected chi connectivity index (χ2v) is 3.92. The van der Waals surface area contributed by atoms with Gasteiger partial charge >= 0.3 is 0 Å². The number of hydrogen-bond donors (Lipinski definition) is 0. The van der Waals surface area contributed by atoms with Crippen LogP contribution in [0.5, 0.6) is 0 Å². The van der Waals surface area contributed by atoms with Gasteiger partial charge in [0.25, 0.3) is 0 Å². The first-order valence-electron chi connectivity index (χ1n) is 4.38. The average Bonchev–Trinajstić information content (AvgIpc) is 2.13. The molecule has 0 amide bonds. The molecule has 10 heavy (non-hydrogen) atoms. The molecule has 0 N–H and O–H groups in total.